The second-order valence-corrected chi connectivity index (χ2v) is 3.42. The largest absolute Gasteiger partial charge is 0.294 e. The Morgan fingerprint density at radius 3 is 1.75 bits per heavy atom. The summed E-state index contributed by atoms with van der Waals surface area (Å²) in [5.41, 5.74) is -1.81. The van der Waals surface area contributed by atoms with Crippen LogP contribution in [0.15, 0.2) is 0 Å². The van der Waals surface area contributed by atoms with E-state index in [0.717, 1.165) is 6.92 Å². The molecule has 0 unspecified atom stereocenters. The van der Waals surface area contributed by atoms with Gasteiger partial charge in [0.1, 0.15) is 0 Å². The third kappa shape index (κ3) is 1.94. The maximum Gasteiger partial charge on any atom is 0.173 e. The standard InChI is InChI=1S/C11H10F4O/c1-3-4-6-8(12)10(14)7(5(2)16)11(15)9(6)13/h3-4H2,1-2H3. The SMILES string of the molecule is CCCc1c(F)c(F)c(C(C)=O)c(F)c1F. The molecular formula is C11H10F4O. The molecule has 5 heteroatoms. The predicted octanol–water partition coefficient (Wildman–Crippen LogP) is 3.40. The lowest BCUT2D eigenvalue weighted by Crippen LogP contribution is -2.11. The van der Waals surface area contributed by atoms with E-state index in [0.29, 0.717) is 6.42 Å². The minimum atomic E-state index is -1.62. The van der Waals surface area contributed by atoms with Gasteiger partial charge in [-0.3, -0.25) is 4.79 Å². The molecular weight excluding hydrogens is 224 g/mol. The van der Waals surface area contributed by atoms with Crippen LogP contribution in [0.4, 0.5) is 17.6 Å². The van der Waals surface area contributed by atoms with Gasteiger partial charge in [-0.2, -0.15) is 0 Å². The van der Waals surface area contributed by atoms with Crippen LogP contribution in [0.25, 0.3) is 0 Å². The molecule has 0 saturated carbocycles. The summed E-state index contributed by atoms with van der Waals surface area (Å²) in [6, 6.07) is 0. The maximum atomic E-state index is 13.3. The Labute approximate surface area is 90.1 Å². The Morgan fingerprint density at radius 2 is 1.44 bits per heavy atom. The van der Waals surface area contributed by atoms with Crippen molar-refractivity contribution in [3.8, 4) is 0 Å². The highest BCUT2D eigenvalue weighted by atomic mass is 19.2. The van der Waals surface area contributed by atoms with E-state index in [1.54, 1.807) is 6.92 Å². The molecule has 0 amide bonds. The van der Waals surface area contributed by atoms with Crippen molar-refractivity contribution in [1.82, 2.24) is 0 Å². The summed E-state index contributed by atoms with van der Waals surface area (Å²) < 4.78 is 53.2. The van der Waals surface area contributed by atoms with E-state index in [9.17, 15) is 22.4 Å². The third-order valence-corrected chi connectivity index (χ3v) is 2.21. The van der Waals surface area contributed by atoms with Gasteiger partial charge in [-0.1, -0.05) is 13.3 Å². The van der Waals surface area contributed by atoms with E-state index < -0.39 is 40.2 Å². The second kappa shape index (κ2) is 4.63. The number of Topliss-reactive ketones (excluding diaryl/α,β-unsaturated/α-hetero) is 1. The number of rotatable bonds is 3. The first kappa shape index (κ1) is 12.7. The van der Waals surface area contributed by atoms with Crippen molar-refractivity contribution >= 4 is 5.78 Å². The summed E-state index contributed by atoms with van der Waals surface area (Å²) in [6.45, 7) is 2.47. The van der Waals surface area contributed by atoms with Crippen molar-refractivity contribution in [3.63, 3.8) is 0 Å². The van der Waals surface area contributed by atoms with Crippen LogP contribution < -0.4 is 0 Å². The highest BCUT2D eigenvalue weighted by molar-refractivity contribution is 5.94. The summed E-state index contributed by atoms with van der Waals surface area (Å²) in [7, 11) is 0. The first-order chi connectivity index (χ1) is 7.41. The monoisotopic (exact) mass is 234 g/mol. The quantitative estimate of drug-likeness (QED) is 0.445. The molecule has 0 N–H and O–H groups in total. The van der Waals surface area contributed by atoms with Crippen LogP contribution in [-0.4, -0.2) is 5.78 Å². The fourth-order valence-electron chi connectivity index (χ4n) is 1.46. The van der Waals surface area contributed by atoms with Gasteiger partial charge in [0.2, 0.25) is 0 Å². The molecule has 1 aromatic carbocycles. The summed E-state index contributed by atoms with van der Waals surface area (Å²) >= 11 is 0. The van der Waals surface area contributed by atoms with Crippen molar-refractivity contribution < 1.29 is 22.4 Å². The van der Waals surface area contributed by atoms with E-state index in [1.165, 1.54) is 0 Å². The molecule has 0 aliphatic carbocycles. The molecule has 0 heterocycles. The van der Waals surface area contributed by atoms with Crippen molar-refractivity contribution in [2.45, 2.75) is 26.7 Å². The molecule has 1 aromatic rings. The first-order valence-corrected chi connectivity index (χ1v) is 4.77. The fraction of sp³-hybridized carbons (Fsp3) is 0.364. The number of carbonyl (C=O) groups excluding carboxylic acids is 1. The summed E-state index contributed by atoms with van der Waals surface area (Å²) in [5, 5.41) is 0. The molecule has 1 rings (SSSR count). The minimum absolute atomic E-state index is 0.121. The van der Waals surface area contributed by atoms with E-state index >= 15 is 0 Å². The fourth-order valence-corrected chi connectivity index (χ4v) is 1.46. The summed E-state index contributed by atoms with van der Waals surface area (Å²) in [6.07, 6.45) is 0.218. The van der Waals surface area contributed by atoms with Crippen molar-refractivity contribution in [2.24, 2.45) is 0 Å². The van der Waals surface area contributed by atoms with E-state index in [4.69, 9.17) is 0 Å². The number of benzene rings is 1. The number of halogens is 4. The Balaban J connectivity index is 3.56. The van der Waals surface area contributed by atoms with Crippen LogP contribution >= 0.6 is 0 Å². The molecule has 0 aliphatic rings. The maximum absolute atomic E-state index is 13.3. The highest BCUT2D eigenvalue weighted by Crippen LogP contribution is 2.25. The normalized spacial score (nSPS) is 10.6. The van der Waals surface area contributed by atoms with Crippen molar-refractivity contribution in [3.05, 3.63) is 34.4 Å². The molecule has 0 saturated heterocycles. The predicted molar refractivity (Wildman–Crippen MR) is 50.3 cm³/mol. The molecule has 88 valence electrons. The molecule has 0 aromatic heterocycles. The van der Waals surface area contributed by atoms with Gasteiger partial charge in [-0.05, 0) is 13.3 Å². The summed E-state index contributed by atoms with van der Waals surface area (Å²) in [5.74, 6) is -7.24. The lowest BCUT2D eigenvalue weighted by Gasteiger charge is -2.09. The van der Waals surface area contributed by atoms with Crippen molar-refractivity contribution in [2.75, 3.05) is 0 Å². The number of carbonyl (C=O) groups is 1. The van der Waals surface area contributed by atoms with Crippen LogP contribution in [0.3, 0.4) is 0 Å². The Morgan fingerprint density at radius 1 is 1.00 bits per heavy atom. The Hall–Kier alpha value is -1.39. The first-order valence-electron chi connectivity index (χ1n) is 4.77. The van der Waals surface area contributed by atoms with Gasteiger partial charge >= 0.3 is 0 Å². The van der Waals surface area contributed by atoms with Crippen molar-refractivity contribution in [1.29, 1.82) is 0 Å². The zero-order chi connectivity index (χ0) is 12.5. The van der Waals surface area contributed by atoms with Crippen LogP contribution in [-0.2, 0) is 6.42 Å². The molecule has 0 radical (unpaired) electrons. The molecule has 16 heavy (non-hydrogen) atoms. The van der Waals surface area contributed by atoms with E-state index in [-0.39, 0.29) is 6.42 Å². The lowest BCUT2D eigenvalue weighted by atomic mass is 10.0. The topological polar surface area (TPSA) is 17.1 Å². The van der Waals surface area contributed by atoms with Crippen LogP contribution in [0, 0.1) is 23.3 Å². The zero-order valence-corrected chi connectivity index (χ0v) is 8.83. The molecule has 0 fully saturated rings. The lowest BCUT2D eigenvalue weighted by molar-refractivity contribution is 0.100. The van der Waals surface area contributed by atoms with Gasteiger partial charge in [0, 0.05) is 5.56 Å². The van der Waals surface area contributed by atoms with E-state index in [2.05, 4.69) is 0 Å². The number of hydrogen-bond donors (Lipinski definition) is 0. The van der Waals surface area contributed by atoms with Gasteiger partial charge in [-0.15, -0.1) is 0 Å². The highest BCUT2D eigenvalue weighted by Gasteiger charge is 2.26. The third-order valence-electron chi connectivity index (χ3n) is 2.21. The smallest absolute Gasteiger partial charge is 0.173 e. The van der Waals surface area contributed by atoms with Crippen LogP contribution in [0.2, 0.25) is 0 Å². The van der Waals surface area contributed by atoms with Gasteiger partial charge in [0.15, 0.2) is 29.1 Å². The average Bonchev–Trinajstić information content (AvgIpc) is 2.21. The number of hydrogen-bond acceptors (Lipinski definition) is 1. The van der Waals surface area contributed by atoms with Gasteiger partial charge < -0.3 is 0 Å². The van der Waals surface area contributed by atoms with Crippen LogP contribution in [0.1, 0.15) is 36.2 Å². The van der Waals surface area contributed by atoms with Crippen LogP contribution in [0.5, 0.6) is 0 Å². The molecule has 1 nitrogen and oxygen atoms in total. The Bertz CT molecular complexity index is 411. The molecule has 0 bridgehead atoms. The van der Waals surface area contributed by atoms with Gasteiger partial charge in [-0.25, -0.2) is 17.6 Å². The van der Waals surface area contributed by atoms with E-state index in [1.807, 2.05) is 0 Å². The van der Waals surface area contributed by atoms with Gasteiger partial charge in [0.05, 0.1) is 5.56 Å². The van der Waals surface area contributed by atoms with Gasteiger partial charge in [0.25, 0.3) is 0 Å². The molecule has 0 aliphatic heterocycles. The summed E-state index contributed by atoms with van der Waals surface area (Å²) in [4.78, 5) is 10.8. The average molecular weight is 234 g/mol. The Kier molecular flexibility index (Phi) is 3.67. The zero-order valence-electron chi connectivity index (χ0n) is 8.83. The minimum Gasteiger partial charge on any atom is -0.294 e. The number of ketones is 1. The second-order valence-electron chi connectivity index (χ2n) is 3.42. The molecule has 0 spiro atoms. The molecule has 0 atom stereocenters.